The van der Waals surface area contributed by atoms with Crippen molar-refractivity contribution in [3.8, 4) is 0 Å². The summed E-state index contributed by atoms with van der Waals surface area (Å²) < 4.78 is 7.57. The van der Waals surface area contributed by atoms with E-state index in [9.17, 15) is 0 Å². The quantitative estimate of drug-likeness (QED) is 0.780. The Morgan fingerprint density at radius 3 is 2.62 bits per heavy atom. The van der Waals surface area contributed by atoms with Crippen LogP contribution in [0.2, 0.25) is 0 Å². The van der Waals surface area contributed by atoms with E-state index >= 15 is 0 Å². The van der Waals surface area contributed by atoms with Crippen molar-refractivity contribution in [1.29, 1.82) is 0 Å². The minimum Gasteiger partial charge on any atom is -0.379 e. The number of ether oxygens (including phenoxy) is 1. The molecule has 1 saturated heterocycles. The van der Waals surface area contributed by atoms with Gasteiger partial charge in [-0.3, -0.25) is 4.90 Å². The Kier molecular flexibility index (Phi) is 3.61. The van der Waals surface area contributed by atoms with Gasteiger partial charge in [0.05, 0.1) is 18.9 Å². The maximum Gasteiger partial charge on any atom is 0.106 e. The number of rotatable bonds is 3. The van der Waals surface area contributed by atoms with Gasteiger partial charge in [-0.25, -0.2) is 4.98 Å². The van der Waals surface area contributed by atoms with Crippen molar-refractivity contribution >= 4 is 0 Å². The molecule has 0 saturated carbocycles. The number of aromatic nitrogens is 2. The Bertz CT molecular complexity index is 340. The molecule has 0 atom stereocenters. The molecule has 0 bridgehead atoms. The van der Waals surface area contributed by atoms with Gasteiger partial charge in [0.25, 0.3) is 0 Å². The van der Waals surface area contributed by atoms with Gasteiger partial charge in [0.15, 0.2) is 0 Å². The minimum atomic E-state index is 0.492. The lowest BCUT2D eigenvalue weighted by atomic mass is 10.3. The highest BCUT2D eigenvalue weighted by atomic mass is 16.5. The molecule has 2 heterocycles. The van der Waals surface area contributed by atoms with E-state index < -0.39 is 0 Å². The van der Waals surface area contributed by atoms with Gasteiger partial charge in [0.1, 0.15) is 5.82 Å². The second-order valence-electron chi connectivity index (χ2n) is 4.67. The average molecular weight is 223 g/mol. The smallest absolute Gasteiger partial charge is 0.106 e. The fraction of sp³-hybridized carbons (Fsp3) is 0.750. The van der Waals surface area contributed by atoms with Gasteiger partial charge in [-0.15, -0.1) is 0 Å². The van der Waals surface area contributed by atoms with Crippen molar-refractivity contribution in [3.05, 3.63) is 17.7 Å². The number of hydrogen-bond acceptors (Lipinski definition) is 3. The molecule has 0 radical (unpaired) electrons. The maximum absolute atomic E-state index is 5.34. The van der Waals surface area contributed by atoms with E-state index in [0.29, 0.717) is 6.04 Å². The summed E-state index contributed by atoms with van der Waals surface area (Å²) in [6.45, 7) is 11.1. The van der Waals surface area contributed by atoms with Crippen LogP contribution >= 0.6 is 0 Å². The Balaban J connectivity index is 2.01. The van der Waals surface area contributed by atoms with Crippen LogP contribution in [0.3, 0.4) is 0 Å². The first kappa shape index (κ1) is 11.6. The molecular formula is C12H21N3O. The van der Waals surface area contributed by atoms with Crippen molar-refractivity contribution in [2.24, 2.45) is 0 Å². The zero-order valence-electron chi connectivity index (χ0n) is 10.4. The summed E-state index contributed by atoms with van der Waals surface area (Å²) in [4.78, 5) is 7.01. The first-order chi connectivity index (χ1) is 7.66. The molecule has 1 aliphatic rings. The van der Waals surface area contributed by atoms with Crippen molar-refractivity contribution in [2.75, 3.05) is 26.3 Å². The molecule has 0 amide bonds. The molecule has 1 fully saturated rings. The fourth-order valence-corrected chi connectivity index (χ4v) is 2.14. The topological polar surface area (TPSA) is 30.3 Å². The highest BCUT2D eigenvalue weighted by molar-refractivity contribution is 5.04. The van der Waals surface area contributed by atoms with Gasteiger partial charge >= 0.3 is 0 Å². The molecule has 1 aliphatic heterocycles. The van der Waals surface area contributed by atoms with Crippen molar-refractivity contribution in [1.82, 2.24) is 14.5 Å². The number of imidazole rings is 1. The van der Waals surface area contributed by atoms with Crippen LogP contribution in [0.4, 0.5) is 0 Å². The monoisotopic (exact) mass is 223 g/mol. The third-order valence-corrected chi connectivity index (χ3v) is 3.01. The lowest BCUT2D eigenvalue weighted by molar-refractivity contribution is 0.0337. The van der Waals surface area contributed by atoms with Crippen LogP contribution in [0.25, 0.3) is 0 Å². The summed E-state index contributed by atoms with van der Waals surface area (Å²) >= 11 is 0. The van der Waals surface area contributed by atoms with Crippen LogP contribution in [0.5, 0.6) is 0 Å². The Hall–Kier alpha value is -0.870. The van der Waals surface area contributed by atoms with E-state index in [1.54, 1.807) is 0 Å². The Labute approximate surface area is 97.2 Å². The van der Waals surface area contributed by atoms with Crippen LogP contribution in [0, 0.1) is 6.92 Å². The lowest BCUT2D eigenvalue weighted by Gasteiger charge is -2.25. The van der Waals surface area contributed by atoms with Crippen LogP contribution in [0.15, 0.2) is 6.20 Å². The van der Waals surface area contributed by atoms with Gasteiger partial charge in [-0.1, -0.05) is 0 Å². The zero-order chi connectivity index (χ0) is 11.5. The first-order valence-corrected chi connectivity index (χ1v) is 6.01. The van der Waals surface area contributed by atoms with E-state index in [2.05, 4.69) is 41.4 Å². The second kappa shape index (κ2) is 4.97. The second-order valence-corrected chi connectivity index (χ2v) is 4.67. The zero-order valence-corrected chi connectivity index (χ0v) is 10.4. The van der Waals surface area contributed by atoms with Crippen LogP contribution in [0.1, 0.15) is 31.4 Å². The van der Waals surface area contributed by atoms with Gasteiger partial charge in [-0.05, 0) is 20.8 Å². The fourth-order valence-electron chi connectivity index (χ4n) is 2.14. The Morgan fingerprint density at radius 2 is 2.06 bits per heavy atom. The summed E-state index contributed by atoms with van der Waals surface area (Å²) in [5.41, 5.74) is 1.17. The normalized spacial score (nSPS) is 18.2. The van der Waals surface area contributed by atoms with Crippen LogP contribution in [-0.4, -0.2) is 40.8 Å². The summed E-state index contributed by atoms with van der Waals surface area (Å²) in [5.74, 6) is 1.11. The minimum absolute atomic E-state index is 0.492. The molecule has 1 aromatic heterocycles. The number of hydrogen-bond donors (Lipinski definition) is 0. The SMILES string of the molecule is Cc1nc(CN2CCOCC2)cn1C(C)C. The molecule has 4 nitrogen and oxygen atoms in total. The van der Waals surface area contributed by atoms with Gasteiger partial charge in [0.2, 0.25) is 0 Å². The van der Waals surface area contributed by atoms with E-state index in [1.165, 1.54) is 5.69 Å². The van der Waals surface area contributed by atoms with Gasteiger partial charge < -0.3 is 9.30 Å². The molecule has 0 unspecified atom stereocenters. The highest BCUT2D eigenvalue weighted by Crippen LogP contribution is 2.12. The molecule has 2 rings (SSSR count). The highest BCUT2D eigenvalue weighted by Gasteiger charge is 2.13. The molecule has 0 N–H and O–H groups in total. The standard InChI is InChI=1S/C12H21N3O/c1-10(2)15-9-12(13-11(15)3)8-14-4-6-16-7-5-14/h9-10H,4-8H2,1-3H3. The number of aryl methyl sites for hydroxylation is 1. The van der Waals surface area contributed by atoms with E-state index in [-0.39, 0.29) is 0 Å². The summed E-state index contributed by atoms with van der Waals surface area (Å²) in [7, 11) is 0. The largest absolute Gasteiger partial charge is 0.379 e. The summed E-state index contributed by atoms with van der Waals surface area (Å²) in [5, 5.41) is 0. The first-order valence-electron chi connectivity index (χ1n) is 6.01. The van der Waals surface area contributed by atoms with E-state index in [4.69, 9.17) is 4.74 Å². The van der Waals surface area contributed by atoms with Gasteiger partial charge in [-0.2, -0.15) is 0 Å². The molecule has 4 heteroatoms. The van der Waals surface area contributed by atoms with Crippen molar-refractivity contribution < 1.29 is 4.74 Å². The predicted octanol–water partition coefficient (Wildman–Crippen LogP) is 1.60. The van der Waals surface area contributed by atoms with Crippen molar-refractivity contribution in [2.45, 2.75) is 33.4 Å². The lowest BCUT2D eigenvalue weighted by Crippen LogP contribution is -2.35. The number of nitrogens with zero attached hydrogens (tertiary/aromatic N) is 3. The Morgan fingerprint density at radius 1 is 1.38 bits per heavy atom. The average Bonchev–Trinajstić information content (AvgIpc) is 2.61. The van der Waals surface area contributed by atoms with Crippen molar-refractivity contribution in [3.63, 3.8) is 0 Å². The molecule has 0 aliphatic carbocycles. The van der Waals surface area contributed by atoms with Gasteiger partial charge in [0, 0.05) is 31.9 Å². The molecule has 16 heavy (non-hydrogen) atoms. The summed E-state index contributed by atoms with van der Waals surface area (Å²) in [6, 6.07) is 0.492. The maximum atomic E-state index is 5.34. The number of morpholine rings is 1. The van der Waals surface area contributed by atoms with E-state index in [1.807, 2.05) is 0 Å². The van der Waals surface area contributed by atoms with Crippen LogP contribution in [-0.2, 0) is 11.3 Å². The third-order valence-electron chi connectivity index (χ3n) is 3.01. The molecule has 0 spiro atoms. The summed E-state index contributed by atoms with van der Waals surface area (Å²) in [6.07, 6.45) is 2.18. The molecule has 90 valence electrons. The molecule has 0 aromatic carbocycles. The van der Waals surface area contributed by atoms with E-state index in [0.717, 1.165) is 38.7 Å². The predicted molar refractivity (Wildman–Crippen MR) is 63.4 cm³/mol. The molecular weight excluding hydrogens is 202 g/mol. The molecule has 1 aromatic rings. The van der Waals surface area contributed by atoms with Crippen LogP contribution < -0.4 is 0 Å². The third kappa shape index (κ3) is 2.62.